The number of amides is 1. The van der Waals surface area contributed by atoms with E-state index in [1.54, 1.807) is 15.8 Å². The van der Waals surface area contributed by atoms with Crippen molar-refractivity contribution in [3.8, 4) is 18.0 Å². The Labute approximate surface area is 111 Å². The van der Waals surface area contributed by atoms with E-state index >= 15 is 0 Å². The van der Waals surface area contributed by atoms with Crippen LogP contribution in [0.2, 0.25) is 0 Å². The van der Waals surface area contributed by atoms with Crippen LogP contribution in [-0.2, 0) is 4.79 Å². The number of carbonyl (C=O) groups is 1. The summed E-state index contributed by atoms with van der Waals surface area (Å²) in [6.45, 7) is 0.595. The number of terminal acetylenes is 1. The molecule has 94 valence electrons. The second-order valence-electron chi connectivity index (χ2n) is 4.54. The predicted octanol–water partition coefficient (Wildman–Crippen LogP) is 1.86. The molecule has 0 radical (unpaired) electrons. The fraction of sp³-hybridized carbons (Fsp3) is 0.200. The van der Waals surface area contributed by atoms with Gasteiger partial charge in [0.2, 0.25) is 5.91 Å². The summed E-state index contributed by atoms with van der Waals surface area (Å²) < 4.78 is 1.77. The standard InChI is InChI=1S/C15H13N3O/c1-2-12-9-15(19)17(11-12)13-5-3-6-14(10-13)18-8-4-7-16-18/h1,3-8,10,12H,9,11H2. The van der Waals surface area contributed by atoms with Crippen LogP contribution < -0.4 is 4.90 Å². The van der Waals surface area contributed by atoms with E-state index in [0.29, 0.717) is 13.0 Å². The van der Waals surface area contributed by atoms with E-state index in [-0.39, 0.29) is 11.8 Å². The molecule has 3 rings (SSSR count). The van der Waals surface area contributed by atoms with Crippen LogP contribution in [0.5, 0.6) is 0 Å². The van der Waals surface area contributed by atoms with Crippen LogP contribution in [0.3, 0.4) is 0 Å². The highest BCUT2D eigenvalue weighted by atomic mass is 16.2. The summed E-state index contributed by atoms with van der Waals surface area (Å²) in [6.07, 6.45) is 9.43. The van der Waals surface area contributed by atoms with E-state index < -0.39 is 0 Å². The summed E-state index contributed by atoms with van der Waals surface area (Å²) in [5.41, 5.74) is 1.80. The zero-order chi connectivity index (χ0) is 13.2. The Morgan fingerprint density at radius 3 is 2.84 bits per heavy atom. The highest BCUT2D eigenvalue weighted by molar-refractivity contribution is 5.96. The molecular weight excluding hydrogens is 238 g/mol. The van der Waals surface area contributed by atoms with E-state index in [2.05, 4.69) is 11.0 Å². The molecule has 4 nitrogen and oxygen atoms in total. The minimum Gasteiger partial charge on any atom is -0.311 e. The van der Waals surface area contributed by atoms with Crippen molar-refractivity contribution in [1.29, 1.82) is 0 Å². The molecule has 1 saturated heterocycles. The van der Waals surface area contributed by atoms with Crippen molar-refractivity contribution in [2.24, 2.45) is 5.92 Å². The van der Waals surface area contributed by atoms with Gasteiger partial charge in [0.1, 0.15) is 0 Å². The second kappa shape index (κ2) is 4.62. The van der Waals surface area contributed by atoms with Crippen LogP contribution in [0.25, 0.3) is 5.69 Å². The monoisotopic (exact) mass is 251 g/mol. The molecule has 0 N–H and O–H groups in total. The average molecular weight is 251 g/mol. The lowest BCUT2D eigenvalue weighted by molar-refractivity contribution is -0.117. The molecule has 4 heteroatoms. The highest BCUT2D eigenvalue weighted by Gasteiger charge is 2.29. The largest absolute Gasteiger partial charge is 0.311 e. The molecule has 2 heterocycles. The fourth-order valence-corrected chi connectivity index (χ4v) is 2.29. The molecule has 2 aromatic rings. The molecule has 1 aromatic heterocycles. The molecular formula is C15H13N3O. The van der Waals surface area contributed by atoms with Gasteiger partial charge >= 0.3 is 0 Å². The molecule has 0 saturated carbocycles. The first-order valence-electron chi connectivity index (χ1n) is 6.14. The van der Waals surface area contributed by atoms with Gasteiger partial charge in [0, 0.05) is 37.0 Å². The topological polar surface area (TPSA) is 38.1 Å². The maximum atomic E-state index is 11.9. The van der Waals surface area contributed by atoms with Crippen molar-refractivity contribution in [2.45, 2.75) is 6.42 Å². The second-order valence-corrected chi connectivity index (χ2v) is 4.54. The van der Waals surface area contributed by atoms with Crippen LogP contribution in [0.1, 0.15) is 6.42 Å². The van der Waals surface area contributed by atoms with Crippen LogP contribution in [0.15, 0.2) is 42.7 Å². The third-order valence-corrected chi connectivity index (χ3v) is 3.27. The fourth-order valence-electron chi connectivity index (χ4n) is 2.29. The normalized spacial score (nSPS) is 18.6. The molecule has 1 unspecified atom stereocenters. The van der Waals surface area contributed by atoms with Crippen LogP contribution >= 0.6 is 0 Å². The third-order valence-electron chi connectivity index (χ3n) is 3.27. The van der Waals surface area contributed by atoms with Crippen molar-refractivity contribution in [1.82, 2.24) is 9.78 Å². The molecule has 0 aliphatic carbocycles. The van der Waals surface area contributed by atoms with E-state index in [1.807, 2.05) is 36.5 Å². The van der Waals surface area contributed by atoms with Crippen molar-refractivity contribution >= 4 is 11.6 Å². The summed E-state index contributed by atoms with van der Waals surface area (Å²) in [7, 11) is 0. The number of anilines is 1. The van der Waals surface area contributed by atoms with Crippen LogP contribution in [0, 0.1) is 18.3 Å². The van der Waals surface area contributed by atoms with Gasteiger partial charge in [-0.25, -0.2) is 4.68 Å². The quantitative estimate of drug-likeness (QED) is 0.764. The summed E-state index contributed by atoms with van der Waals surface area (Å²) >= 11 is 0. The average Bonchev–Trinajstić information content (AvgIpc) is 3.08. The first kappa shape index (κ1) is 11.5. The van der Waals surface area contributed by atoms with Gasteiger partial charge in [-0.05, 0) is 24.3 Å². The number of rotatable bonds is 2. The Morgan fingerprint density at radius 1 is 1.32 bits per heavy atom. The Kier molecular flexibility index (Phi) is 2.81. The summed E-state index contributed by atoms with van der Waals surface area (Å²) in [5, 5.41) is 4.19. The van der Waals surface area contributed by atoms with Crippen LogP contribution in [-0.4, -0.2) is 22.2 Å². The SMILES string of the molecule is C#CC1CC(=O)N(c2cccc(-n3cccn3)c2)C1. The van der Waals surface area contributed by atoms with Gasteiger partial charge < -0.3 is 4.90 Å². The smallest absolute Gasteiger partial charge is 0.228 e. The molecule has 1 atom stereocenters. The van der Waals surface area contributed by atoms with Gasteiger partial charge in [0.15, 0.2) is 0 Å². The van der Waals surface area contributed by atoms with Gasteiger partial charge in [-0.1, -0.05) is 6.07 Å². The van der Waals surface area contributed by atoms with Crippen molar-refractivity contribution in [3.05, 3.63) is 42.7 Å². The summed E-state index contributed by atoms with van der Waals surface area (Å²) in [5.74, 6) is 2.75. The molecule has 0 bridgehead atoms. The van der Waals surface area contributed by atoms with E-state index in [0.717, 1.165) is 11.4 Å². The Hall–Kier alpha value is -2.54. The molecule has 1 aromatic carbocycles. The van der Waals surface area contributed by atoms with Crippen molar-refractivity contribution in [2.75, 3.05) is 11.4 Å². The van der Waals surface area contributed by atoms with Crippen LogP contribution in [0.4, 0.5) is 5.69 Å². The van der Waals surface area contributed by atoms with Crippen molar-refractivity contribution < 1.29 is 4.79 Å². The van der Waals surface area contributed by atoms with Crippen molar-refractivity contribution in [3.63, 3.8) is 0 Å². The number of benzene rings is 1. The third kappa shape index (κ3) is 2.11. The lowest BCUT2D eigenvalue weighted by atomic mass is 10.1. The molecule has 1 aliphatic heterocycles. The number of nitrogens with zero attached hydrogens (tertiary/aromatic N) is 3. The highest BCUT2D eigenvalue weighted by Crippen LogP contribution is 2.26. The lowest BCUT2D eigenvalue weighted by Gasteiger charge is -2.16. The molecule has 1 aliphatic rings. The summed E-state index contributed by atoms with van der Waals surface area (Å²) in [6, 6.07) is 9.61. The zero-order valence-corrected chi connectivity index (χ0v) is 10.4. The minimum atomic E-state index is 0.0147. The number of aromatic nitrogens is 2. The van der Waals surface area contributed by atoms with E-state index in [4.69, 9.17) is 6.42 Å². The zero-order valence-electron chi connectivity index (χ0n) is 10.4. The maximum Gasteiger partial charge on any atom is 0.228 e. The van der Waals surface area contributed by atoms with Gasteiger partial charge in [-0.2, -0.15) is 5.10 Å². The van der Waals surface area contributed by atoms with E-state index in [1.165, 1.54) is 0 Å². The molecule has 19 heavy (non-hydrogen) atoms. The Balaban J connectivity index is 1.92. The number of hydrogen-bond donors (Lipinski definition) is 0. The number of hydrogen-bond acceptors (Lipinski definition) is 2. The predicted molar refractivity (Wildman–Crippen MR) is 72.9 cm³/mol. The minimum absolute atomic E-state index is 0.0147. The first-order chi connectivity index (χ1) is 9.28. The Bertz CT molecular complexity index is 640. The molecule has 0 spiro atoms. The van der Waals surface area contributed by atoms with E-state index in [9.17, 15) is 4.79 Å². The van der Waals surface area contributed by atoms with Gasteiger partial charge in [0.05, 0.1) is 5.69 Å². The maximum absolute atomic E-state index is 11.9. The van der Waals surface area contributed by atoms with Gasteiger partial charge in [0.25, 0.3) is 0 Å². The first-order valence-corrected chi connectivity index (χ1v) is 6.14. The lowest BCUT2D eigenvalue weighted by Crippen LogP contribution is -2.24. The molecule has 1 fully saturated rings. The Morgan fingerprint density at radius 2 is 2.16 bits per heavy atom. The van der Waals surface area contributed by atoms with Gasteiger partial charge in [-0.3, -0.25) is 4.79 Å². The number of carbonyl (C=O) groups excluding carboxylic acids is 1. The van der Waals surface area contributed by atoms with Gasteiger partial charge in [-0.15, -0.1) is 12.3 Å². The molecule has 1 amide bonds. The summed E-state index contributed by atoms with van der Waals surface area (Å²) in [4.78, 5) is 13.7.